The van der Waals surface area contributed by atoms with E-state index in [4.69, 9.17) is 22.1 Å². The highest BCUT2D eigenvalue weighted by Crippen LogP contribution is 2.20. The molecule has 2 aromatic rings. The molecule has 1 aromatic heterocycles. The molecule has 0 aliphatic heterocycles. The zero-order valence-corrected chi connectivity index (χ0v) is 13.5. The Balaban J connectivity index is 1.83. The third kappa shape index (κ3) is 4.22. The minimum absolute atomic E-state index is 0.00945. The van der Waals surface area contributed by atoms with Crippen LogP contribution in [0.4, 0.5) is 0 Å². The topological polar surface area (TPSA) is 53.1 Å². The van der Waals surface area contributed by atoms with Crippen LogP contribution in [0.1, 0.15) is 23.2 Å². The van der Waals surface area contributed by atoms with Crippen LogP contribution in [-0.4, -0.2) is 22.4 Å². The molecule has 0 bridgehead atoms. The summed E-state index contributed by atoms with van der Waals surface area (Å²) in [6.07, 6.45) is 1.49. The first kappa shape index (κ1) is 15.9. The van der Waals surface area contributed by atoms with Crippen LogP contribution in [0.25, 0.3) is 0 Å². The number of aryl methyl sites for hydroxylation is 3. The predicted octanol–water partition coefficient (Wildman–Crippen LogP) is 3.03. The minimum atomic E-state index is 0.00945. The molecule has 1 unspecified atom stereocenters. The molecule has 114 valence electrons. The smallest absolute Gasteiger partial charge is 0.130 e. The molecular formula is C16H22ClN3O. The normalized spacial score (nSPS) is 12.4. The van der Waals surface area contributed by atoms with E-state index >= 15 is 0 Å². The van der Waals surface area contributed by atoms with Gasteiger partial charge in [0.05, 0.1) is 12.3 Å². The quantitative estimate of drug-likeness (QED) is 0.892. The van der Waals surface area contributed by atoms with Crippen LogP contribution >= 0.6 is 11.6 Å². The summed E-state index contributed by atoms with van der Waals surface area (Å²) in [5, 5.41) is 4.97. The highest BCUT2D eigenvalue weighted by molar-refractivity contribution is 6.30. The molecule has 0 saturated heterocycles. The Morgan fingerprint density at radius 2 is 2.14 bits per heavy atom. The lowest BCUT2D eigenvalue weighted by Gasteiger charge is -2.13. The third-order valence-corrected chi connectivity index (χ3v) is 3.96. The Hall–Kier alpha value is -1.52. The summed E-state index contributed by atoms with van der Waals surface area (Å²) in [4.78, 5) is 0. The zero-order chi connectivity index (χ0) is 15.4. The Bertz CT molecular complexity index is 610. The van der Waals surface area contributed by atoms with Gasteiger partial charge in [0.15, 0.2) is 0 Å². The molecule has 2 rings (SSSR count). The van der Waals surface area contributed by atoms with Gasteiger partial charge in [0, 0.05) is 18.7 Å². The molecule has 0 amide bonds. The van der Waals surface area contributed by atoms with E-state index in [1.54, 1.807) is 4.68 Å². The molecular weight excluding hydrogens is 286 g/mol. The fourth-order valence-corrected chi connectivity index (χ4v) is 2.55. The van der Waals surface area contributed by atoms with Gasteiger partial charge < -0.3 is 10.5 Å². The fraction of sp³-hybridized carbons (Fsp3) is 0.438. The van der Waals surface area contributed by atoms with Crippen LogP contribution in [0, 0.1) is 13.8 Å². The van der Waals surface area contributed by atoms with Crippen molar-refractivity contribution >= 4 is 11.6 Å². The molecule has 0 saturated carbocycles. The molecule has 0 spiro atoms. The SMILES string of the molecule is Cc1cccc(OCCC(N)Cc2c(C)nn(C)c2Cl)c1. The van der Waals surface area contributed by atoms with Crippen LogP contribution in [0.5, 0.6) is 5.75 Å². The monoisotopic (exact) mass is 307 g/mol. The van der Waals surface area contributed by atoms with Crippen molar-refractivity contribution in [2.45, 2.75) is 32.7 Å². The first-order valence-electron chi connectivity index (χ1n) is 7.10. The molecule has 0 aliphatic rings. The van der Waals surface area contributed by atoms with Crippen LogP contribution in [-0.2, 0) is 13.5 Å². The number of benzene rings is 1. The average Bonchev–Trinajstić information content (AvgIpc) is 2.65. The minimum Gasteiger partial charge on any atom is -0.494 e. The Kier molecular flexibility index (Phi) is 5.26. The van der Waals surface area contributed by atoms with Crippen molar-refractivity contribution in [1.82, 2.24) is 9.78 Å². The number of halogens is 1. The molecule has 1 atom stereocenters. The number of ether oxygens (including phenoxy) is 1. The lowest BCUT2D eigenvalue weighted by atomic mass is 10.1. The second-order valence-corrected chi connectivity index (χ2v) is 5.75. The van der Waals surface area contributed by atoms with Gasteiger partial charge in [-0.15, -0.1) is 0 Å². The summed E-state index contributed by atoms with van der Waals surface area (Å²) in [6.45, 7) is 4.60. The van der Waals surface area contributed by atoms with Crippen molar-refractivity contribution in [2.75, 3.05) is 6.61 Å². The second-order valence-electron chi connectivity index (χ2n) is 5.40. The molecule has 21 heavy (non-hydrogen) atoms. The maximum Gasteiger partial charge on any atom is 0.130 e. The van der Waals surface area contributed by atoms with Gasteiger partial charge in [-0.3, -0.25) is 4.68 Å². The Morgan fingerprint density at radius 1 is 1.38 bits per heavy atom. The predicted molar refractivity (Wildman–Crippen MR) is 85.9 cm³/mol. The largest absolute Gasteiger partial charge is 0.494 e. The first-order valence-corrected chi connectivity index (χ1v) is 7.48. The average molecular weight is 308 g/mol. The van der Waals surface area contributed by atoms with Crippen LogP contribution in [0.3, 0.4) is 0 Å². The van der Waals surface area contributed by atoms with Crippen molar-refractivity contribution in [3.05, 3.63) is 46.2 Å². The van der Waals surface area contributed by atoms with E-state index in [2.05, 4.69) is 5.10 Å². The van der Waals surface area contributed by atoms with Gasteiger partial charge in [-0.25, -0.2) is 0 Å². The van der Waals surface area contributed by atoms with E-state index in [-0.39, 0.29) is 6.04 Å². The molecule has 0 fully saturated rings. The standard InChI is InChI=1S/C16H22ClN3O/c1-11-5-4-6-14(9-11)21-8-7-13(18)10-15-12(2)19-20(3)16(15)17/h4-6,9,13H,7-8,10,18H2,1-3H3. The molecule has 5 heteroatoms. The Labute approximate surface area is 130 Å². The summed E-state index contributed by atoms with van der Waals surface area (Å²) in [6, 6.07) is 8.03. The summed E-state index contributed by atoms with van der Waals surface area (Å²) in [5.74, 6) is 0.887. The van der Waals surface area contributed by atoms with Crippen LogP contribution in [0.15, 0.2) is 24.3 Å². The number of hydrogen-bond donors (Lipinski definition) is 1. The lowest BCUT2D eigenvalue weighted by molar-refractivity contribution is 0.297. The van der Waals surface area contributed by atoms with Gasteiger partial charge in [0.25, 0.3) is 0 Å². The molecule has 0 radical (unpaired) electrons. The van der Waals surface area contributed by atoms with Gasteiger partial charge in [-0.1, -0.05) is 23.7 Å². The molecule has 0 aliphatic carbocycles. The molecule has 1 heterocycles. The van der Waals surface area contributed by atoms with Gasteiger partial charge in [-0.05, 0) is 44.4 Å². The fourth-order valence-electron chi connectivity index (χ4n) is 2.30. The van der Waals surface area contributed by atoms with Gasteiger partial charge in [0.1, 0.15) is 10.9 Å². The molecule has 1 aromatic carbocycles. The van der Waals surface area contributed by atoms with Gasteiger partial charge in [0.2, 0.25) is 0 Å². The summed E-state index contributed by atoms with van der Waals surface area (Å²) in [5.41, 5.74) is 9.33. The van der Waals surface area contributed by atoms with E-state index < -0.39 is 0 Å². The van der Waals surface area contributed by atoms with Crippen LogP contribution in [0.2, 0.25) is 5.15 Å². The van der Waals surface area contributed by atoms with Crippen LogP contribution < -0.4 is 10.5 Å². The van der Waals surface area contributed by atoms with Crippen molar-refractivity contribution in [3.8, 4) is 5.75 Å². The molecule has 2 N–H and O–H groups in total. The number of hydrogen-bond acceptors (Lipinski definition) is 3. The lowest BCUT2D eigenvalue weighted by Crippen LogP contribution is -2.25. The van der Waals surface area contributed by atoms with E-state index in [1.807, 2.05) is 45.2 Å². The number of nitrogens with zero attached hydrogens (tertiary/aromatic N) is 2. The zero-order valence-electron chi connectivity index (χ0n) is 12.8. The van der Waals surface area contributed by atoms with Crippen molar-refractivity contribution in [2.24, 2.45) is 12.8 Å². The maximum absolute atomic E-state index is 6.22. The highest BCUT2D eigenvalue weighted by Gasteiger charge is 2.14. The maximum atomic E-state index is 6.22. The summed E-state index contributed by atoms with van der Waals surface area (Å²) >= 11 is 6.22. The van der Waals surface area contributed by atoms with Crippen molar-refractivity contribution in [1.29, 1.82) is 0 Å². The van der Waals surface area contributed by atoms with Gasteiger partial charge >= 0.3 is 0 Å². The van der Waals surface area contributed by atoms with E-state index in [0.29, 0.717) is 11.8 Å². The third-order valence-electron chi connectivity index (χ3n) is 3.48. The summed E-state index contributed by atoms with van der Waals surface area (Å²) < 4.78 is 7.41. The number of nitrogens with two attached hydrogens (primary N) is 1. The Morgan fingerprint density at radius 3 is 2.76 bits per heavy atom. The van der Waals surface area contributed by atoms with E-state index in [1.165, 1.54) is 5.56 Å². The van der Waals surface area contributed by atoms with E-state index in [0.717, 1.165) is 29.8 Å². The number of rotatable bonds is 6. The first-order chi connectivity index (χ1) is 9.97. The summed E-state index contributed by atoms with van der Waals surface area (Å²) in [7, 11) is 1.84. The second kappa shape index (κ2) is 6.96. The molecule has 4 nitrogen and oxygen atoms in total. The number of aromatic nitrogens is 2. The van der Waals surface area contributed by atoms with Crippen molar-refractivity contribution in [3.63, 3.8) is 0 Å². The highest BCUT2D eigenvalue weighted by atomic mass is 35.5. The van der Waals surface area contributed by atoms with Crippen molar-refractivity contribution < 1.29 is 4.74 Å². The van der Waals surface area contributed by atoms with E-state index in [9.17, 15) is 0 Å². The van der Waals surface area contributed by atoms with Gasteiger partial charge in [-0.2, -0.15) is 5.10 Å².